The number of carboxylic acids is 1. The van der Waals surface area contributed by atoms with Crippen LogP contribution in [0.15, 0.2) is 21.9 Å². The van der Waals surface area contributed by atoms with Crippen LogP contribution in [0.1, 0.15) is 27.0 Å². The summed E-state index contributed by atoms with van der Waals surface area (Å²) in [5.41, 5.74) is 1.02. The van der Waals surface area contributed by atoms with E-state index in [0.29, 0.717) is 18.8 Å². The number of rotatable bonds is 5. The van der Waals surface area contributed by atoms with Gasteiger partial charge in [0.25, 0.3) is 0 Å². The van der Waals surface area contributed by atoms with Gasteiger partial charge in [0.15, 0.2) is 0 Å². The fraction of sp³-hybridized carbons (Fsp3) is 0.333. The molecule has 0 amide bonds. The van der Waals surface area contributed by atoms with E-state index in [1.165, 1.54) is 6.07 Å². The quantitative estimate of drug-likeness (QED) is 0.900. The highest BCUT2D eigenvalue weighted by atomic mass is 32.1. The van der Waals surface area contributed by atoms with Gasteiger partial charge in [-0.2, -0.15) is 0 Å². The Bertz CT molecular complexity index is 547. The molecule has 0 aliphatic rings. The number of carbonyl (C=O) groups is 1. The van der Waals surface area contributed by atoms with Crippen molar-refractivity contribution in [1.29, 1.82) is 0 Å². The SMILES string of the molecule is Cc1nc(CN(C)Cc2ccc(C(=O)O)o2)cs1. The molecule has 2 aromatic heterocycles. The summed E-state index contributed by atoms with van der Waals surface area (Å²) in [5, 5.41) is 11.8. The second kappa shape index (κ2) is 5.32. The molecular formula is C12H14N2O3S. The highest BCUT2D eigenvalue weighted by Gasteiger charge is 2.11. The minimum atomic E-state index is -1.04. The zero-order chi connectivity index (χ0) is 13.1. The lowest BCUT2D eigenvalue weighted by molar-refractivity contribution is 0.0658. The van der Waals surface area contributed by atoms with E-state index in [0.717, 1.165) is 10.7 Å². The Labute approximate surface area is 109 Å². The van der Waals surface area contributed by atoms with Crippen LogP contribution in [0.2, 0.25) is 0 Å². The van der Waals surface area contributed by atoms with Crippen LogP contribution in [0.3, 0.4) is 0 Å². The van der Waals surface area contributed by atoms with Gasteiger partial charge in [-0.3, -0.25) is 4.90 Å². The molecule has 0 radical (unpaired) electrons. The molecule has 2 aromatic rings. The van der Waals surface area contributed by atoms with Crippen molar-refractivity contribution in [2.24, 2.45) is 0 Å². The van der Waals surface area contributed by atoms with Gasteiger partial charge in [0.1, 0.15) is 5.76 Å². The van der Waals surface area contributed by atoms with E-state index in [-0.39, 0.29) is 5.76 Å². The normalized spacial score (nSPS) is 11.1. The first-order valence-corrected chi connectivity index (χ1v) is 6.34. The predicted molar refractivity (Wildman–Crippen MR) is 67.7 cm³/mol. The molecule has 0 saturated heterocycles. The van der Waals surface area contributed by atoms with Gasteiger partial charge in [-0.15, -0.1) is 11.3 Å². The second-order valence-electron chi connectivity index (χ2n) is 4.10. The maximum absolute atomic E-state index is 10.7. The first-order chi connectivity index (χ1) is 8.54. The summed E-state index contributed by atoms with van der Waals surface area (Å²) in [6.45, 7) is 3.25. The molecular weight excluding hydrogens is 252 g/mol. The summed E-state index contributed by atoms with van der Waals surface area (Å²) in [7, 11) is 1.94. The molecule has 0 bridgehead atoms. The summed E-state index contributed by atoms with van der Waals surface area (Å²) < 4.78 is 5.20. The first-order valence-electron chi connectivity index (χ1n) is 5.46. The molecule has 18 heavy (non-hydrogen) atoms. The van der Waals surface area contributed by atoms with Gasteiger partial charge in [0, 0.05) is 11.9 Å². The maximum Gasteiger partial charge on any atom is 0.371 e. The third-order valence-electron chi connectivity index (χ3n) is 2.40. The van der Waals surface area contributed by atoms with Gasteiger partial charge < -0.3 is 9.52 Å². The third kappa shape index (κ3) is 3.18. The maximum atomic E-state index is 10.7. The largest absolute Gasteiger partial charge is 0.475 e. The van der Waals surface area contributed by atoms with Crippen molar-refractivity contribution in [2.45, 2.75) is 20.0 Å². The molecule has 0 atom stereocenters. The Morgan fingerprint density at radius 2 is 2.28 bits per heavy atom. The molecule has 5 nitrogen and oxygen atoms in total. The van der Waals surface area contributed by atoms with Gasteiger partial charge in [-0.25, -0.2) is 9.78 Å². The minimum absolute atomic E-state index is 0.0251. The number of nitrogens with zero attached hydrogens (tertiary/aromatic N) is 2. The lowest BCUT2D eigenvalue weighted by Gasteiger charge is -2.13. The number of furan rings is 1. The number of hydrogen-bond acceptors (Lipinski definition) is 5. The van der Waals surface area contributed by atoms with E-state index < -0.39 is 5.97 Å². The molecule has 0 saturated carbocycles. The van der Waals surface area contributed by atoms with E-state index >= 15 is 0 Å². The zero-order valence-electron chi connectivity index (χ0n) is 10.2. The fourth-order valence-corrected chi connectivity index (χ4v) is 2.26. The fourth-order valence-electron chi connectivity index (χ4n) is 1.66. The third-order valence-corrected chi connectivity index (χ3v) is 3.22. The van der Waals surface area contributed by atoms with Gasteiger partial charge >= 0.3 is 5.97 Å². The van der Waals surface area contributed by atoms with Gasteiger partial charge in [-0.1, -0.05) is 0 Å². The Balaban J connectivity index is 1.94. The molecule has 6 heteroatoms. The Kier molecular flexibility index (Phi) is 3.78. The monoisotopic (exact) mass is 266 g/mol. The van der Waals surface area contributed by atoms with Crippen LogP contribution < -0.4 is 0 Å². The van der Waals surface area contributed by atoms with E-state index in [1.807, 2.05) is 24.3 Å². The zero-order valence-corrected chi connectivity index (χ0v) is 11.0. The van der Waals surface area contributed by atoms with Crippen LogP contribution in [-0.4, -0.2) is 28.0 Å². The minimum Gasteiger partial charge on any atom is -0.475 e. The second-order valence-corrected chi connectivity index (χ2v) is 5.16. The molecule has 2 heterocycles. The summed E-state index contributed by atoms with van der Waals surface area (Å²) in [6, 6.07) is 3.16. The average molecular weight is 266 g/mol. The highest BCUT2D eigenvalue weighted by molar-refractivity contribution is 7.09. The average Bonchev–Trinajstić information content (AvgIpc) is 2.88. The molecule has 0 aliphatic heterocycles. The van der Waals surface area contributed by atoms with Crippen molar-refractivity contribution < 1.29 is 14.3 Å². The molecule has 0 unspecified atom stereocenters. The van der Waals surface area contributed by atoms with Gasteiger partial charge in [0.05, 0.1) is 17.2 Å². The number of aryl methyl sites for hydroxylation is 1. The summed E-state index contributed by atoms with van der Waals surface area (Å²) in [6.07, 6.45) is 0. The smallest absolute Gasteiger partial charge is 0.371 e. The van der Waals surface area contributed by atoms with Crippen molar-refractivity contribution in [2.75, 3.05) is 7.05 Å². The molecule has 96 valence electrons. The van der Waals surface area contributed by atoms with Crippen molar-refractivity contribution in [1.82, 2.24) is 9.88 Å². The van der Waals surface area contributed by atoms with E-state index in [4.69, 9.17) is 9.52 Å². The van der Waals surface area contributed by atoms with Crippen LogP contribution in [0.5, 0.6) is 0 Å². The number of hydrogen-bond donors (Lipinski definition) is 1. The van der Waals surface area contributed by atoms with Crippen LogP contribution in [0.25, 0.3) is 0 Å². The standard InChI is InChI=1S/C12H14N2O3S/c1-8-13-9(7-18-8)5-14(2)6-10-3-4-11(17-10)12(15)16/h3-4,7H,5-6H2,1-2H3,(H,15,16). The number of aromatic nitrogens is 1. The van der Waals surface area contributed by atoms with Crippen molar-refractivity contribution in [3.05, 3.63) is 39.7 Å². The van der Waals surface area contributed by atoms with Crippen LogP contribution in [0.4, 0.5) is 0 Å². The Hall–Kier alpha value is -1.66. The van der Waals surface area contributed by atoms with E-state index in [9.17, 15) is 4.79 Å². The van der Waals surface area contributed by atoms with Gasteiger partial charge in [-0.05, 0) is 26.1 Å². The Morgan fingerprint density at radius 1 is 1.50 bits per heavy atom. The van der Waals surface area contributed by atoms with Gasteiger partial charge in [0.2, 0.25) is 5.76 Å². The van der Waals surface area contributed by atoms with Crippen molar-refractivity contribution >= 4 is 17.3 Å². The molecule has 0 aliphatic carbocycles. The summed E-state index contributed by atoms with van der Waals surface area (Å²) in [4.78, 5) is 17.1. The number of carboxylic acid groups (broad SMARTS) is 1. The number of thiazole rings is 1. The van der Waals surface area contributed by atoms with Crippen LogP contribution in [0, 0.1) is 6.92 Å². The number of aromatic carboxylic acids is 1. The summed E-state index contributed by atoms with van der Waals surface area (Å²) >= 11 is 1.62. The van der Waals surface area contributed by atoms with Crippen LogP contribution in [-0.2, 0) is 13.1 Å². The molecule has 1 N–H and O–H groups in total. The predicted octanol–water partition coefficient (Wildman–Crippen LogP) is 2.37. The topological polar surface area (TPSA) is 66.6 Å². The molecule has 0 aromatic carbocycles. The molecule has 0 spiro atoms. The lowest BCUT2D eigenvalue weighted by Crippen LogP contribution is -2.17. The molecule has 0 fully saturated rings. The van der Waals surface area contributed by atoms with E-state index in [1.54, 1.807) is 17.4 Å². The Morgan fingerprint density at radius 3 is 2.83 bits per heavy atom. The van der Waals surface area contributed by atoms with Crippen molar-refractivity contribution in [3.8, 4) is 0 Å². The molecule has 2 rings (SSSR count). The van der Waals surface area contributed by atoms with E-state index in [2.05, 4.69) is 4.98 Å². The lowest BCUT2D eigenvalue weighted by atomic mass is 10.3. The summed E-state index contributed by atoms with van der Waals surface area (Å²) in [5.74, 6) is -0.427. The van der Waals surface area contributed by atoms with Crippen LogP contribution >= 0.6 is 11.3 Å². The first kappa shape index (κ1) is 12.8. The van der Waals surface area contributed by atoms with Crippen molar-refractivity contribution in [3.63, 3.8) is 0 Å². The highest BCUT2D eigenvalue weighted by Crippen LogP contribution is 2.13.